The summed E-state index contributed by atoms with van der Waals surface area (Å²) in [7, 11) is 0. The molecule has 132 valence electrons. The van der Waals surface area contributed by atoms with E-state index in [1.807, 2.05) is 37.3 Å². The molecule has 0 bridgehead atoms. The molecule has 1 aromatic rings. The number of hydrogen-bond donors (Lipinski definition) is 1. The van der Waals surface area contributed by atoms with Crippen LogP contribution in [0.1, 0.15) is 32.3 Å². The monoisotopic (exact) mass is 355 g/mol. The first-order chi connectivity index (χ1) is 12.1. The molecule has 2 unspecified atom stereocenters. The number of amidine groups is 1. The van der Waals surface area contributed by atoms with Crippen molar-refractivity contribution in [1.82, 2.24) is 0 Å². The van der Waals surface area contributed by atoms with Crippen LogP contribution < -0.4 is 5.73 Å². The average molecular weight is 356 g/mol. The van der Waals surface area contributed by atoms with Crippen LogP contribution in [-0.4, -0.2) is 22.2 Å². The highest BCUT2D eigenvalue weighted by Crippen LogP contribution is 2.37. The summed E-state index contributed by atoms with van der Waals surface area (Å²) in [6, 6.07) is 10.1. The zero-order valence-corrected chi connectivity index (χ0v) is 15.6. The van der Waals surface area contributed by atoms with Crippen LogP contribution in [0, 0.1) is 5.92 Å². The Morgan fingerprint density at radius 3 is 2.96 bits per heavy atom. The molecule has 0 saturated carbocycles. The van der Waals surface area contributed by atoms with E-state index in [1.54, 1.807) is 11.8 Å². The highest BCUT2D eigenvalue weighted by Gasteiger charge is 2.35. The second kappa shape index (κ2) is 7.91. The molecule has 0 fully saturated rings. The van der Waals surface area contributed by atoms with Crippen molar-refractivity contribution in [3.63, 3.8) is 0 Å². The minimum Gasteiger partial charge on any atom is -0.391 e. The Morgan fingerprint density at radius 1 is 1.40 bits per heavy atom. The van der Waals surface area contributed by atoms with Gasteiger partial charge in [-0.15, -0.1) is 0 Å². The number of aliphatic imine (C=N–C) groups is 1. The fraction of sp³-hybridized carbons (Fsp3) is 0.400. The van der Waals surface area contributed by atoms with E-state index in [9.17, 15) is 0 Å². The number of nitrogens with zero attached hydrogens (tertiary/aromatic N) is 2. The van der Waals surface area contributed by atoms with Crippen LogP contribution in [0.5, 0.6) is 0 Å². The molecule has 1 aliphatic heterocycles. The van der Waals surface area contributed by atoms with Crippen LogP contribution in [0.2, 0.25) is 0 Å². The van der Waals surface area contributed by atoms with Crippen molar-refractivity contribution in [3.05, 3.63) is 59.7 Å². The number of thioether (sulfide) groups is 1. The van der Waals surface area contributed by atoms with Crippen molar-refractivity contribution >= 4 is 22.6 Å². The summed E-state index contributed by atoms with van der Waals surface area (Å²) in [4.78, 5) is 10.3. The van der Waals surface area contributed by atoms with Gasteiger partial charge in [0, 0.05) is 11.7 Å². The molecule has 0 saturated heterocycles. The summed E-state index contributed by atoms with van der Waals surface area (Å²) in [5, 5.41) is 5.00. The predicted octanol–water partition coefficient (Wildman–Crippen LogP) is 4.29. The van der Waals surface area contributed by atoms with Crippen molar-refractivity contribution in [2.75, 3.05) is 5.75 Å². The lowest BCUT2D eigenvalue weighted by Gasteiger charge is -2.36. The molecule has 2 N–H and O–H groups in total. The lowest BCUT2D eigenvalue weighted by molar-refractivity contribution is 0.130. The Morgan fingerprint density at radius 2 is 2.20 bits per heavy atom. The maximum atomic E-state index is 5.96. The predicted molar refractivity (Wildman–Crippen MR) is 107 cm³/mol. The van der Waals surface area contributed by atoms with Crippen molar-refractivity contribution in [2.45, 2.75) is 38.8 Å². The second-order valence-electron chi connectivity index (χ2n) is 6.71. The first kappa shape index (κ1) is 17.8. The van der Waals surface area contributed by atoms with Gasteiger partial charge in [-0.3, -0.25) is 4.99 Å². The van der Waals surface area contributed by atoms with Gasteiger partial charge in [-0.1, -0.05) is 65.5 Å². The Hall–Kier alpha value is -2.01. The third kappa shape index (κ3) is 4.54. The van der Waals surface area contributed by atoms with Gasteiger partial charge in [0.25, 0.3) is 0 Å². The summed E-state index contributed by atoms with van der Waals surface area (Å²) in [6.07, 6.45) is 8.63. The molecule has 1 aromatic carbocycles. The van der Waals surface area contributed by atoms with Crippen molar-refractivity contribution in [2.24, 2.45) is 21.8 Å². The molecule has 4 nitrogen and oxygen atoms in total. The number of hydrogen-bond acceptors (Lipinski definition) is 5. The normalized spacial score (nSPS) is 26.8. The Kier molecular flexibility index (Phi) is 5.63. The third-order valence-corrected chi connectivity index (χ3v) is 5.58. The smallest absolute Gasteiger partial charge is 0.154 e. The Labute approximate surface area is 153 Å². The van der Waals surface area contributed by atoms with Gasteiger partial charge in [0.2, 0.25) is 0 Å². The molecule has 0 spiro atoms. The van der Waals surface area contributed by atoms with Crippen molar-refractivity contribution in [1.29, 1.82) is 0 Å². The fourth-order valence-corrected chi connectivity index (χ4v) is 4.16. The van der Waals surface area contributed by atoms with Crippen molar-refractivity contribution < 1.29 is 4.84 Å². The minimum absolute atomic E-state index is 0.128. The van der Waals surface area contributed by atoms with Gasteiger partial charge >= 0.3 is 0 Å². The molecule has 1 heterocycles. The second-order valence-corrected chi connectivity index (χ2v) is 7.82. The molecule has 0 radical (unpaired) electrons. The van der Waals surface area contributed by atoms with Crippen LogP contribution in [0.3, 0.4) is 0 Å². The molecule has 1 aliphatic carbocycles. The minimum atomic E-state index is -0.128. The van der Waals surface area contributed by atoms with Gasteiger partial charge in [0.05, 0.1) is 11.3 Å². The molecule has 25 heavy (non-hydrogen) atoms. The van der Waals surface area contributed by atoms with E-state index in [0.29, 0.717) is 17.7 Å². The third-order valence-electron chi connectivity index (χ3n) is 4.78. The highest BCUT2D eigenvalue weighted by molar-refractivity contribution is 8.13. The summed E-state index contributed by atoms with van der Waals surface area (Å²) in [6.45, 7) is 4.67. The van der Waals surface area contributed by atoms with Gasteiger partial charge in [-0.2, -0.15) is 0 Å². The average Bonchev–Trinajstić information content (AvgIpc) is 2.62. The van der Waals surface area contributed by atoms with Crippen molar-refractivity contribution in [3.8, 4) is 0 Å². The van der Waals surface area contributed by atoms with Gasteiger partial charge < -0.3 is 10.6 Å². The number of nitrogens with two attached hydrogens (primary N) is 1. The lowest BCUT2D eigenvalue weighted by atomic mass is 9.78. The highest BCUT2D eigenvalue weighted by atomic mass is 32.2. The Bertz CT molecular complexity index is 724. The van der Waals surface area contributed by atoms with Gasteiger partial charge in [0.1, 0.15) is 6.61 Å². The van der Waals surface area contributed by atoms with Crippen LogP contribution in [0.15, 0.2) is 64.3 Å². The molecular formula is C20H25N3OS. The van der Waals surface area contributed by atoms with Crippen LogP contribution in [-0.2, 0) is 11.4 Å². The van der Waals surface area contributed by atoms with E-state index in [2.05, 4.69) is 30.3 Å². The molecule has 2 atom stereocenters. The Balaban J connectivity index is 1.68. The summed E-state index contributed by atoms with van der Waals surface area (Å²) < 4.78 is 0. The number of allylic oxidation sites excluding steroid dienone is 3. The summed E-state index contributed by atoms with van der Waals surface area (Å²) >= 11 is 1.65. The van der Waals surface area contributed by atoms with E-state index in [1.165, 1.54) is 0 Å². The molecule has 5 heteroatoms. The van der Waals surface area contributed by atoms with E-state index in [0.717, 1.165) is 35.4 Å². The SMILES string of the molecule is CC(=NOCc1ccccc1)C1=CC(C2(C)CCSC(N)=N2)CC=C1. The molecule has 3 rings (SSSR count). The van der Waals surface area contributed by atoms with E-state index < -0.39 is 0 Å². The molecule has 0 aromatic heterocycles. The van der Waals surface area contributed by atoms with Crippen LogP contribution in [0.4, 0.5) is 0 Å². The van der Waals surface area contributed by atoms with Gasteiger partial charge in [-0.25, -0.2) is 0 Å². The maximum absolute atomic E-state index is 5.96. The molecule has 2 aliphatic rings. The van der Waals surface area contributed by atoms with E-state index in [-0.39, 0.29) is 5.54 Å². The lowest BCUT2D eigenvalue weighted by Crippen LogP contribution is -2.38. The number of rotatable bonds is 5. The summed E-state index contributed by atoms with van der Waals surface area (Å²) in [5.74, 6) is 1.37. The standard InChI is InChI=1S/C20H25N3OS/c1-15(23-24-14-16-7-4-3-5-8-16)17-9-6-10-18(13-17)20(2)11-12-25-19(21)22-20/h3-9,13,18H,10-12,14H2,1-2H3,(H2,21,22). The first-order valence-corrected chi connectivity index (χ1v) is 9.63. The first-order valence-electron chi connectivity index (χ1n) is 8.64. The fourth-order valence-electron chi connectivity index (χ4n) is 3.16. The summed E-state index contributed by atoms with van der Waals surface area (Å²) in [5.41, 5.74) is 8.95. The van der Waals surface area contributed by atoms with Gasteiger partial charge in [0.15, 0.2) is 5.17 Å². The largest absolute Gasteiger partial charge is 0.391 e. The number of benzene rings is 1. The zero-order chi connectivity index (χ0) is 17.7. The van der Waals surface area contributed by atoms with Crippen LogP contribution >= 0.6 is 11.8 Å². The van der Waals surface area contributed by atoms with Crippen LogP contribution in [0.25, 0.3) is 0 Å². The molecule has 0 amide bonds. The molecular weight excluding hydrogens is 330 g/mol. The van der Waals surface area contributed by atoms with E-state index >= 15 is 0 Å². The topological polar surface area (TPSA) is 60.0 Å². The maximum Gasteiger partial charge on any atom is 0.154 e. The number of oxime groups is 1. The van der Waals surface area contributed by atoms with Gasteiger partial charge in [-0.05, 0) is 37.8 Å². The quantitative estimate of drug-likeness (QED) is 0.633. The zero-order valence-electron chi connectivity index (χ0n) is 14.8. The van der Waals surface area contributed by atoms with E-state index in [4.69, 9.17) is 15.6 Å².